The minimum Gasteiger partial charge on any atom is -0.389 e. The van der Waals surface area contributed by atoms with Crippen molar-refractivity contribution in [3.8, 4) is 0 Å². The molecule has 2 aliphatic heterocycles. The maximum atomic E-state index is 10.3. The van der Waals surface area contributed by atoms with E-state index in [1.807, 2.05) is 0 Å². The van der Waals surface area contributed by atoms with Crippen molar-refractivity contribution >= 4 is 0 Å². The van der Waals surface area contributed by atoms with Crippen molar-refractivity contribution < 1.29 is 9.84 Å². The molecular formula is C29H45NO2. The van der Waals surface area contributed by atoms with E-state index in [9.17, 15) is 5.11 Å². The van der Waals surface area contributed by atoms with Crippen molar-refractivity contribution in [2.45, 2.75) is 116 Å². The summed E-state index contributed by atoms with van der Waals surface area (Å²) in [5.74, 6) is 4.05. The number of rotatable bonds is 0. The van der Waals surface area contributed by atoms with Crippen LogP contribution < -0.4 is 5.32 Å². The molecule has 0 bridgehead atoms. The van der Waals surface area contributed by atoms with Gasteiger partial charge in [0.05, 0.1) is 17.8 Å². The molecule has 2 N–H and O–H groups in total. The van der Waals surface area contributed by atoms with Gasteiger partial charge in [-0.15, -0.1) is 0 Å². The van der Waals surface area contributed by atoms with E-state index in [1.165, 1.54) is 64.3 Å². The minimum atomic E-state index is -0.188. The molecule has 0 amide bonds. The lowest BCUT2D eigenvalue weighted by Crippen LogP contribution is -2.49. The van der Waals surface area contributed by atoms with E-state index in [1.54, 1.807) is 5.57 Å². The Labute approximate surface area is 195 Å². The summed E-state index contributed by atoms with van der Waals surface area (Å²) < 4.78 is 7.13. The summed E-state index contributed by atoms with van der Waals surface area (Å²) in [6.45, 7) is 11.3. The number of nitrogens with one attached hydrogen (secondary N) is 1. The van der Waals surface area contributed by atoms with Crippen LogP contribution in [-0.2, 0) is 4.74 Å². The molecule has 6 fully saturated rings. The van der Waals surface area contributed by atoms with Crippen molar-refractivity contribution in [3.05, 3.63) is 11.6 Å². The van der Waals surface area contributed by atoms with Gasteiger partial charge >= 0.3 is 0 Å². The molecule has 5 aliphatic carbocycles. The van der Waals surface area contributed by atoms with Crippen molar-refractivity contribution in [1.29, 1.82) is 0 Å². The van der Waals surface area contributed by atoms with Crippen LogP contribution in [0.25, 0.3) is 0 Å². The molecule has 2 spiro atoms. The maximum absolute atomic E-state index is 10.3. The zero-order valence-electron chi connectivity index (χ0n) is 20.8. The molecule has 0 radical (unpaired) electrons. The summed E-state index contributed by atoms with van der Waals surface area (Å²) in [4.78, 5) is 0. The van der Waals surface area contributed by atoms with E-state index in [0.717, 1.165) is 30.1 Å². The molecule has 0 aromatic heterocycles. The summed E-state index contributed by atoms with van der Waals surface area (Å²) in [5.41, 5.74) is 3.14. The first-order valence-corrected chi connectivity index (χ1v) is 14.0. The average Bonchev–Trinajstić information content (AvgIpc) is 3.06. The van der Waals surface area contributed by atoms with Crippen LogP contribution in [0.2, 0.25) is 0 Å². The lowest BCUT2D eigenvalue weighted by molar-refractivity contribution is -0.0856. The second-order valence-electron chi connectivity index (χ2n) is 14.2. The molecule has 32 heavy (non-hydrogen) atoms. The highest BCUT2D eigenvalue weighted by molar-refractivity contribution is 5.31. The number of piperidine rings is 1. The number of fused-ring (bicyclic) bond motifs is 5. The molecule has 178 valence electrons. The highest BCUT2D eigenvalue weighted by Crippen LogP contribution is 2.83. The number of ether oxygens (including phenoxy) is 1. The van der Waals surface area contributed by atoms with E-state index in [-0.39, 0.29) is 11.7 Å². The molecule has 3 unspecified atom stereocenters. The van der Waals surface area contributed by atoms with Gasteiger partial charge in [-0.1, -0.05) is 39.3 Å². The van der Waals surface area contributed by atoms with Crippen molar-refractivity contribution in [2.24, 2.45) is 45.8 Å². The van der Waals surface area contributed by atoms with Gasteiger partial charge in [0.15, 0.2) is 0 Å². The number of allylic oxidation sites excluding steroid dienone is 1. The van der Waals surface area contributed by atoms with Crippen LogP contribution in [0.5, 0.6) is 0 Å². The van der Waals surface area contributed by atoms with Gasteiger partial charge in [-0.25, -0.2) is 0 Å². The standard InChI is InChI=1S/C29H45NO2/c1-17-11-24-25(30-14-17)18(2)29(32-24)10-8-22-21-6-5-19-12-20(31)7-9-27(19,4)23(21)13-28(22)15-26(28,3)16-29/h12,17-18,20-25,30-31H,5-11,13-16H2,1-4H3/t17?,18-,20+,21+,22+,23+,24-,25+,26?,27+,28?,29+/m1/s1. The molecule has 0 aromatic carbocycles. The predicted molar refractivity (Wildman–Crippen MR) is 127 cm³/mol. The molecule has 2 saturated heterocycles. The van der Waals surface area contributed by atoms with E-state index in [0.29, 0.717) is 34.3 Å². The lowest BCUT2D eigenvalue weighted by Gasteiger charge is -2.49. The molecule has 0 aromatic rings. The third kappa shape index (κ3) is 2.49. The summed E-state index contributed by atoms with van der Waals surface area (Å²) in [6.07, 6.45) is 15.4. The Kier molecular flexibility index (Phi) is 4.21. The molecule has 2 heterocycles. The fraction of sp³-hybridized carbons (Fsp3) is 0.931. The van der Waals surface area contributed by atoms with Crippen LogP contribution in [0.4, 0.5) is 0 Å². The van der Waals surface area contributed by atoms with Crippen LogP contribution in [0, 0.1) is 45.8 Å². The Hall–Kier alpha value is -0.380. The fourth-order valence-electron chi connectivity index (χ4n) is 11.1. The van der Waals surface area contributed by atoms with Crippen LogP contribution in [0.3, 0.4) is 0 Å². The molecule has 12 atom stereocenters. The first-order chi connectivity index (χ1) is 15.2. The zero-order valence-corrected chi connectivity index (χ0v) is 20.8. The molecule has 7 aliphatic rings. The van der Waals surface area contributed by atoms with Crippen molar-refractivity contribution in [2.75, 3.05) is 6.54 Å². The molecular weight excluding hydrogens is 394 g/mol. The van der Waals surface area contributed by atoms with Gasteiger partial charge in [0.25, 0.3) is 0 Å². The summed E-state index contributed by atoms with van der Waals surface area (Å²) in [6, 6.07) is 0.574. The van der Waals surface area contributed by atoms with Gasteiger partial charge in [0, 0.05) is 12.0 Å². The third-order valence-corrected chi connectivity index (χ3v) is 12.8. The largest absolute Gasteiger partial charge is 0.389 e. The van der Waals surface area contributed by atoms with Gasteiger partial charge in [-0.05, 0) is 111 Å². The van der Waals surface area contributed by atoms with Crippen LogP contribution in [0.15, 0.2) is 11.6 Å². The highest BCUT2D eigenvalue weighted by Gasteiger charge is 2.77. The quantitative estimate of drug-likeness (QED) is 0.492. The minimum absolute atomic E-state index is 0.114. The molecule has 3 nitrogen and oxygen atoms in total. The first kappa shape index (κ1) is 20.9. The Balaban J connectivity index is 1.20. The van der Waals surface area contributed by atoms with Crippen molar-refractivity contribution in [1.82, 2.24) is 5.32 Å². The Morgan fingerprint density at radius 1 is 1.06 bits per heavy atom. The fourth-order valence-corrected chi connectivity index (χ4v) is 11.1. The number of aliphatic hydroxyl groups excluding tert-OH is 1. The molecule has 7 rings (SSSR count). The normalized spacial score (nSPS) is 62.8. The smallest absolute Gasteiger partial charge is 0.0742 e. The van der Waals surface area contributed by atoms with E-state index >= 15 is 0 Å². The van der Waals surface area contributed by atoms with Crippen LogP contribution in [-0.4, -0.2) is 35.5 Å². The second-order valence-corrected chi connectivity index (χ2v) is 14.2. The van der Waals surface area contributed by atoms with E-state index in [4.69, 9.17) is 4.74 Å². The highest BCUT2D eigenvalue weighted by atomic mass is 16.5. The first-order valence-electron chi connectivity index (χ1n) is 14.0. The number of aliphatic hydroxyl groups is 1. The van der Waals surface area contributed by atoms with Crippen LogP contribution in [0.1, 0.15) is 91.9 Å². The van der Waals surface area contributed by atoms with Crippen molar-refractivity contribution in [3.63, 3.8) is 0 Å². The summed E-state index contributed by atoms with van der Waals surface area (Å²) >= 11 is 0. The van der Waals surface area contributed by atoms with Gasteiger partial charge in [0.1, 0.15) is 0 Å². The molecule has 4 saturated carbocycles. The Morgan fingerprint density at radius 3 is 2.75 bits per heavy atom. The monoisotopic (exact) mass is 439 g/mol. The van der Waals surface area contributed by atoms with Gasteiger partial charge in [0.2, 0.25) is 0 Å². The summed E-state index contributed by atoms with van der Waals surface area (Å²) in [7, 11) is 0. The SMILES string of the molecule is CC1CN[C@H]2[C@@H](C)[C@@]3(CC[C@H]4[C@@H]5CCC6=C[C@@H](O)CC[C@]6(C)[C@H]5CC45CC5(C)C3)O[C@@H]2C1. The Morgan fingerprint density at radius 2 is 1.91 bits per heavy atom. The van der Waals surface area contributed by atoms with Gasteiger partial charge < -0.3 is 15.2 Å². The lowest BCUT2D eigenvalue weighted by atomic mass is 9.56. The predicted octanol–water partition coefficient (Wildman–Crippen LogP) is 5.47. The van der Waals surface area contributed by atoms with Gasteiger partial charge in [-0.2, -0.15) is 0 Å². The van der Waals surface area contributed by atoms with Crippen LogP contribution >= 0.6 is 0 Å². The second kappa shape index (κ2) is 6.43. The average molecular weight is 440 g/mol. The maximum Gasteiger partial charge on any atom is 0.0742 e. The summed E-state index contributed by atoms with van der Waals surface area (Å²) in [5, 5.41) is 14.2. The van der Waals surface area contributed by atoms with Gasteiger partial charge in [-0.3, -0.25) is 0 Å². The topological polar surface area (TPSA) is 41.5 Å². The number of hydrogen-bond donors (Lipinski definition) is 2. The van der Waals surface area contributed by atoms with E-state index < -0.39 is 0 Å². The molecule has 3 heteroatoms. The third-order valence-electron chi connectivity index (χ3n) is 12.8. The van der Waals surface area contributed by atoms with E-state index in [2.05, 4.69) is 39.1 Å². The Bertz CT molecular complexity index is 854. The zero-order chi connectivity index (χ0) is 22.1. The number of hydrogen-bond acceptors (Lipinski definition) is 3.